The summed E-state index contributed by atoms with van der Waals surface area (Å²) in [5, 5.41) is 23.1. The number of amides is 1. The predicted octanol–water partition coefficient (Wildman–Crippen LogP) is 1.34. The molecule has 0 radical (unpaired) electrons. The van der Waals surface area contributed by atoms with Crippen LogP contribution in [0.1, 0.15) is 5.56 Å². The van der Waals surface area contributed by atoms with E-state index in [1.54, 1.807) is 18.2 Å². The number of carbonyl (C=O) groups is 1. The summed E-state index contributed by atoms with van der Waals surface area (Å²) < 4.78 is 0. The second kappa shape index (κ2) is 4.28. The number of phenolic OH excluding ortho intramolecular Hbond substituents is 1. The molecule has 0 aromatic heterocycles. The van der Waals surface area contributed by atoms with Crippen molar-refractivity contribution in [3.63, 3.8) is 0 Å². The fourth-order valence-electron chi connectivity index (χ4n) is 1.20. The minimum atomic E-state index is -0.300. The highest BCUT2D eigenvalue weighted by molar-refractivity contribution is 8.18. The molecule has 6 heteroatoms. The zero-order valence-corrected chi connectivity index (χ0v) is 8.86. The number of aromatic hydroxyl groups is 1. The molecule has 0 atom stereocenters. The first-order valence-corrected chi connectivity index (χ1v) is 5.22. The average molecular weight is 236 g/mol. The molecule has 0 bridgehead atoms. The van der Waals surface area contributed by atoms with Gasteiger partial charge < -0.3 is 10.3 Å². The Morgan fingerprint density at radius 2 is 2.00 bits per heavy atom. The van der Waals surface area contributed by atoms with Crippen LogP contribution in [-0.2, 0) is 4.79 Å². The van der Waals surface area contributed by atoms with Crippen molar-refractivity contribution in [2.45, 2.75) is 0 Å². The van der Waals surface area contributed by atoms with E-state index >= 15 is 0 Å². The van der Waals surface area contributed by atoms with Crippen LogP contribution in [0.5, 0.6) is 5.75 Å². The maximum atomic E-state index is 11.4. The third-order valence-corrected chi connectivity index (χ3v) is 2.83. The molecule has 1 fully saturated rings. The van der Waals surface area contributed by atoms with Crippen LogP contribution in [0, 0.1) is 0 Å². The molecule has 0 aliphatic carbocycles. The molecular weight excluding hydrogens is 228 g/mol. The van der Waals surface area contributed by atoms with E-state index in [0.29, 0.717) is 4.91 Å². The lowest BCUT2D eigenvalue weighted by molar-refractivity contribution is -0.115. The molecule has 1 aliphatic heterocycles. The molecule has 3 N–H and O–H groups in total. The van der Waals surface area contributed by atoms with Crippen LogP contribution in [0.2, 0.25) is 0 Å². The predicted molar refractivity (Wildman–Crippen MR) is 61.0 cm³/mol. The van der Waals surface area contributed by atoms with Gasteiger partial charge in [-0.15, -0.1) is 0 Å². The van der Waals surface area contributed by atoms with Crippen molar-refractivity contribution in [1.29, 1.82) is 0 Å². The molecule has 2 rings (SSSR count). The van der Waals surface area contributed by atoms with Gasteiger partial charge in [0.25, 0.3) is 5.91 Å². The van der Waals surface area contributed by atoms with Crippen LogP contribution >= 0.6 is 11.8 Å². The third-order valence-electron chi connectivity index (χ3n) is 1.93. The van der Waals surface area contributed by atoms with E-state index in [0.717, 1.165) is 17.3 Å². The summed E-state index contributed by atoms with van der Waals surface area (Å²) in [6, 6.07) is 6.43. The molecule has 1 amide bonds. The van der Waals surface area contributed by atoms with Crippen molar-refractivity contribution in [1.82, 2.24) is 5.32 Å². The number of hydrogen-bond donors (Lipinski definition) is 3. The van der Waals surface area contributed by atoms with Crippen molar-refractivity contribution in [2.75, 3.05) is 0 Å². The second-order valence-corrected chi connectivity index (χ2v) is 4.09. The Morgan fingerprint density at radius 1 is 1.31 bits per heavy atom. The summed E-state index contributed by atoms with van der Waals surface area (Å²) in [5.41, 5.74) is 0.787. The zero-order chi connectivity index (χ0) is 11.5. The van der Waals surface area contributed by atoms with E-state index < -0.39 is 0 Å². The molecule has 16 heavy (non-hydrogen) atoms. The van der Waals surface area contributed by atoms with Gasteiger partial charge in [-0.3, -0.25) is 10.1 Å². The summed E-state index contributed by atoms with van der Waals surface area (Å²) in [6.07, 6.45) is 1.65. The number of thioether (sulfide) groups is 1. The molecule has 5 nitrogen and oxygen atoms in total. The van der Waals surface area contributed by atoms with Crippen LogP contribution in [0.3, 0.4) is 0 Å². The smallest absolute Gasteiger partial charge is 0.264 e. The lowest BCUT2D eigenvalue weighted by atomic mass is 10.2. The first-order valence-electron chi connectivity index (χ1n) is 4.41. The average Bonchev–Trinajstić information content (AvgIpc) is 2.63. The van der Waals surface area contributed by atoms with Crippen molar-refractivity contribution in [3.05, 3.63) is 34.7 Å². The number of nitrogens with one attached hydrogen (secondary N) is 1. The Bertz CT molecular complexity index is 479. The van der Waals surface area contributed by atoms with Crippen molar-refractivity contribution < 1.29 is 15.1 Å². The number of oxime groups is 1. The van der Waals surface area contributed by atoms with Crippen molar-refractivity contribution in [3.8, 4) is 5.75 Å². The third kappa shape index (κ3) is 2.17. The molecule has 1 saturated heterocycles. The molecule has 0 saturated carbocycles. The Morgan fingerprint density at radius 3 is 2.56 bits per heavy atom. The summed E-state index contributed by atoms with van der Waals surface area (Å²) in [4.78, 5) is 11.8. The molecule has 82 valence electrons. The largest absolute Gasteiger partial charge is 0.508 e. The number of amidine groups is 1. The fraction of sp³-hybridized carbons (Fsp3) is 0. The van der Waals surface area contributed by atoms with E-state index in [1.165, 1.54) is 12.1 Å². The maximum absolute atomic E-state index is 11.4. The van der Waals surface area contributed by atoms with Crippen LogP contribution in [-0.4, -0.2) is 21.4 Å². The topological polar surface area (TPSA) is 81.9 Å². The van der Waals surface area contributed by atoms with Crippen LogP contribution in [0.4, 0.5) is 0 Å². The first kappa shape index (κ1) is 10.6. The summed E-state index contributed by atoms with van der Waals surface area (Å²) in [5.74, 6) is -0.130. The van der Waals surface area contributed by atoms with Crippen molar-refractivity contribution in [2.24, 2.45) is 5.16 Å². The SMILES string of the molecule is O=C1NC(=NO)S/C1=C/c1ccc(O)cc1. The summed E-state index contributed by atoms with van der Waals surface area (Å²) >= 11 is 1.06. The van der Waals surface area contributed by atoms with Gasteiger partial charge in [0.1, 0.15) is 5.75 Å². The lowest BCUT2D eigenvalue weighted by Gasteiger charge is -1.95. The minimum Gasteiger partial charge on any atom is -0.508 e. The van der Waals surface area contributed by atoms with Gasteiger partial charge in [-0.25, -0.2) is 0 Å². The zero-order valence-electron chi connectivity index (χ0n) is 8.04. The van der Waals surface area contributed by atoms with Crippen LogP contribution in [0.15, 0.2) is 34.3 Å². The highest BCUT2D eigenvalue weighted by Crippen LogP contribution is 2.26. The number of hydrogen-bond acceptors (Lipinski definition) is 5. The van der Waals surface area contributed by atoms with Gasteiger partial charge in [0.05, 0.1) is 4.91 Å². The van der Waals surface area contributed by atoms with Gasteiger partial charge in [-0.05, 0) is 35.5 Å². The molecule has 0 spiro atoms. The van der Waals surface area contributed by atoms with E-state index in [1.807, 2.05) is 0 Å². The first-order chi connectivity index (χ1) is 7.69. The molecule has 0 unspecified atom stereocenters. The number of nitrogens with zero attached hydrogens (tertiary/aromatic N) is 1. The monoisotopic (exact) mass is 236 g/mol. The molecule has 1 aliphatic rings. The standard InChI is InChI=1S/C10H8N2O3S/c13-7-3-1-6(2-4-7)5-8-9(14)11-10(12-15)16-8/h1-5,13,15H,(H,11,12,14)/b8-5+. The molecule has 1 aromatic rings. The summed E-state index contributed by atoms with van der Waals surface area (Å²) in [6.45, 7) is 0. The number of benzene rings is 1. The normalized spacial score (nSPS) is 20.4. The molecule has 1 aromatic carbocycles. The Balaban J connectivity index is 2.25. The minimum absolute atomic E-state index is 0.162. The lowest BCUT2D eigenvalue weighted by Crippen LogP contribution is -2.19. The number of carbonyl (C=O) groups excluding carboxylic acids is 1. The van der Waals surface area contributed by atoms with Gasteiger partial charge in [0.15, 0.2) is 0 Å². The van der Waals surface area contributed by atoms with Gasteiger partial charge >= 0.3 is 0 Å². The van der Waals surface area contributed by atoms with Gasteiger partial charge in [-0.2, -0.15) is 0 Å². The number of phenols is 1. The Kier molecular flexibility index (Phi) is 2.82. The van der Waals surface area contributed by atoms with E-state index in [9.17, 15) is 4.79 Å². The van der Waals surface area contributed by atoms with Crippen LogP contribution in [0.25, 0.3) is 6.08 Å². The number of rotatable bonds is 1. The highest BCUT2D eigenvalue weighted by Gasteiger charge is 2.23. The Hall–Kier alpha value is -1.95. The summed E-state index contributed by atoms with van der Waals surface area (Å²) in [7, 11) is 0. The van der Waals surface area contributed by atoms with Gasteiger partial charge in [-0.1, -0.05) is 17.3 Å². The van der Waals surface area contributed by atoms with Crippen molar-refractivity contribution >= 4 is 28.9 Å². The second-order valence-electron chi connectivity index (χ2n) is 3.06. The maximum Gasteiger partial charge on any atom is 0.264 e. The molecule has 1 heterocycles. The van der Waals surface area contributed by atoms with E-state index in [4.69, 9.17) is 10.3 Å². The highest BCUT2D eigenvalue weighted by atomic mass is 32.2. The van der Waals surface area contributed by atoms with Crippen LogP contribution < -0.4 is 5.32 Å². The van der Waals surface area contributed by atoms with E-state index in [-0.39, 0.29) is 16.8 Å². The molecular formula is C10H8N2O3S. The Labute approximate surface area is 95.5 Å². The fourth-order valence-corrected chi connectivity index (χ4v) is 1.93. The quantitative estimate of drug-likeness (QED) is 0.390. The van der Waals surface area contributed by atoms with Gasteiger partial charge in [0, 0.05) is 0 Å². The van der Waals surface area contributed by atoms with Gasteiger partial charge in [0.2, 0.25) is 5.17 Å². The van der Waals surface area contributed by atoms with E-state index in [2.05, 4.69) is 10.5 Å².